The molecule has 0 bridgehead atoms. The zero-order chi connectivity index (χ0) is 15.4. The van der Waals surface area contributed by atoms with Crippen molar-refractivity contribution in [3.63, 3.8) is 0 Å². The minimum atomic E-state index is -0.270. The summed E-state index contributed by atoms with van der Waals surface area (Å²) >= 11 is 0. The number of aliphatic hydroxyl groups excluding tert-OH is 1. The molecule has 0 aromatic heterocycles. The van der Waals surface area contributed by atoms with Crippen LogP contribution in [-0.4, -0.2) is 25.4 Å². The molecule has 0 radical (unpaired) electrons. The Hall–Kier alpha value is -1.22. The van der Waals surface area contributed by atoms with E-state index in [9.17, 15) is 5.11 Å². The lowest BCUT2D eigenvalue weighted by Gasteiger charge is -2.34. The van der Waals surface area contributed by atoms with Crippen LogP contribution in [-0.2, 0) is 6.42 Å². The van der Waals surface area contributed by atoms with Gasteiger partial charge in [-0.1, -0.05) is 19.9 Å². The van der Waals surface area contributed by atoms with E-state index in [1.54, 1.807) is 14.2 Å². The predicted octanol–water partition coefficient (Wildman–Crippen LogP) is 3.68. The van der Waals surface area contributed by atoms with Gasteiger partial charge in [-0.15, -0.1) is 0 Å². The molecule has 1 aromatic carbocycles. The lowest BCUT2D eigenvalue weighted by atomic mass is 9.73. The smallest absolute Gasteiger partial charge is 0.160 e. The first-order chi connectivity index (χ1) is 10.0. The van der Waals surface area contributed by atoms with Crippen LogP contribution in [0.5, 0.6) is 11.5 Å². The van der Waals surface area contributed by atoms with E-state index in [0.29, 0.717) is 12.3 Å². The maximum absolute atomic E-state index is 10.6. The van der Waals surface area contributed by atoms with Crippen molar-refractivity contribution in [2.45, 2.75) is 45.6 Å². The summed E-state index contributed by atoms with van der Waals surface area (Å²) in [7, 11) is 3.28. The third-order valence-electron chi connectivity index (χ3n) is 4.65. The first kappa shape index (κ1) is 16.2. The zero-order valence-corrected chi connectivity index (χ0v) is 13.6. The molecule has 0 heterocycles. The number of hydrogen-bond donors (Lipinski definition) is 1. The van der Waals surface area contributed by atoms with Crippen LogP contribution in [0.15, 0.2) is 18.2 Å². The molecule has 0 aliphatic heterocycles. The van der Waals surface area contributed by atoms with Gasteiger partial charge in [0.15, 0.2) is 11.5 Å². The van der Waals surface area contributed by atoms with Gasteiger partial charge in [0.1, 0.15) is 0 Å². The van der Waals surface area contributed by atoms with Crippen molar-refractivity contribution >= 4 is 0 Å². The maximum atomic E-state index is 10.6. The van der Waals surface area contributed by atoms with Crippen molar-refractivity contribution in [2.24, 2.45) is 17.8 Å². The average Bonchev–Trinajstić information content (AvgIpc) is 2.46. The monoisotopic (exact) mass is 292 g/mol. The summed E-state index contributed by atoms with van der Waals surface area (Å²) in [5, 5.41) is 10.6. The van der Waals surface area contributed by atoms with Gasteiger partial charge < -0.3 is 14.6 Å². The molecule has 21 heavy (non-hydrogen) atoms. The summed E-state index contributed by atoms with van der Waals surface area (Å²) in [6.45, 7) is 4.59. The summed E-state index contributed by atoms with van der Waals surface area (Å²) in [5.41, 5.74) is 1.10. The van der Waals surface area contributed by atoms with Gasteiger partial charge in [0.05, 0.1) is 20.3 Å². The van der Waals surface area contributed by atoms with Gasteiger partial charge in [0.2, 0.25) is 0 Å². The van der Waals surface area contributed by atoms with Gasteiger partial charge in [0.25, 0.3) is 0 Å². The Labute approximate surface area is 128 Å². The topological polar surface area (TPSA) is 38.7 Å². The first-order valence-corrected chi connectivity index (χ1v) is 7.92. The van der Waals surface area contributed by atoms with Crippen molar-refractivity contribution in [2.75, 3.05) is 14.2 Å². The molecular weight excluding hydrogens is 264 g/mol. The summed E-state index contributed by atoms with van der Waals surface area (Å²) in [4.78, 5) is 0. The van der Waals surface area contributed by atoms with Gasteiger partial charge in [0, 0.05) is 0 Å². The fraction of sp³-hybridized carbons (Fsp3) is 0.667. The molecule has 3 heteroatoms. The normalized spacial score (nSPS) is 27.2. The van der Waals surface area contributed by atoms with Crippen LogP contribution in [0, 0.1) is 17.8 Å². The largest absolute Gasteiger partial charge is 0.493 e. The molecule has 1 N–H and O–H groups in total. The Morgan fingerprint density at radius 3 is 2.24 bits per heavy atom. The van der Waals surface area contributed by atoms with Crippen molar-refractivity contribution in [3.05, 3.63) is 23.8 Å². The van der Waals surface area contributed by atoms with E-state index in [1.807, 2.05) is 18.2 Å². The number of methoxy groups -OCH3 is 2. The lowest BCUT2D eigenvalue weighted by molar-refractivity contribution is 0.0561. The third kappa shape index (κ3) is 4.13. The summed E-state index contributed by atoms with van der Waals surface area (Å²) in [5.74, 6) is 3.32. The van der Waals surface area contributed by atoms with Gasteiger partial charge in [-0.2, -0.15) is 0 Å². The third-order valence-corrected chi connectivity index (χ3v) is 4.65. The second kappa shape index (κ2) is 7.17. The van der Waals surface area contributed by atoms with E-state index in [0.717, 1.165) is 41.7 Å². The number of ether oxygens (including phenoxy) is 2. The van der Waals surface area contributed by atoms with E-state index in [1.165, 1.54) is 6.42 Å². The number of rotatable bonds is 5. The van der Waals surface area contributed by atoms with Crippen LogP contribution in [0.1, 0.15) is 38.7 Å². The van der Waals surface area contributed by atoms with Crippen molar-refractivity contribution < 1.29 is 14.6 Å². The fourth-order valence-electron chi connectivity index (χ4n) is 3.74. The van der Waals surface area contributed by atoms with Crippen LogP contribution in [0.3, 0.4) is 0 Å². The van der Waals surface area contributed by atoms with E-state index in [4.69, 9.17) is 9.47 Å². The maximum Gasteiger partial charge on any atom is 0.160 e. The standard InChI is InChI=1S/C18H28O3/c1-12-7-13(2)9-15(8-12)16(19)10-14-5-6-17(20-3)18(11-14)21-4/h5-6,11-13,15-16,19H,7-10H2,1-4H3. The average molecular weight is 292 g/mol. The van der Waals surface area contributed by atoms with E-state index >= 15 is 0 Å². The van der Waals surface area contributed by atoms with Gasteiger partial charge >= 0.3 is 0 Å². The highest BCUT2D eigenvalue weighted by atomic mass is 16.5. The van der Waals surface area contributed by atoms with Crippen molar-refractivity contribution in [1.29, 1.82) is 0 Å². The van der Waals surface area contributed by atoms with Gasteiger partial charge in [-0.05, 0) is 61.1 Å². The molecule has 118 valence electrons. The molecule has 2 rings (SSSR count). The second-order valence-corrected chi connectivity index (χ2v) is 6.64. The Morgan fingerprint density at radius 2 is 1.67 bits per heavy atom. The molecular formula is C18H28O3. The Bertz CT molecular complexity index is 448. The highest BCUT2D eigenvalue weighted by molar-refractivity contribution is 5.43. The molecule has 0 saturated heterocycles. The quantitative estimate of drug-likeness (QED) is 0.899. The summed E-state index contributed by atoms with van der Waals surface area (Å²) < 4.78 is 10.6. The predicted molar refractivity (Wildman–Crippen MR) is 84.9 cm³/mol. The van der Waals surface area contributed by atoms with Crippen molar-refractivity contribution in [3.8, 4) is 11.5 Å². The Morgan fingerprint density at radius 1 is 1.05 bits per heavy atom. The second-order valence-electron chi connectivity index (χ2n) is 6.64. The summed E-state index contributed by atoms with van der Waals surface area (Å²) in [6.07, 6.45) is 3.98. The molecule has 1 aromatic rings. The van der Waals surface area contributed by atoms with Crippen molar-refractivity contribution in [1.82, 2.24) is 0 Å². The minimum Gasteiger partial charge on any atom is -0.493 e. The molecule has 1 fully saturated rings. The Kier molecular flexibility index (Phi) is 5.51. The molecule has 3 atom stereocenters. The minimum absolute atomic E-state index is 0.270. The van der Waals surface area contributed by atoms with Crippen LogP contribution < -0.4 is 9.47 Å². The zero-order valence-electron chi connectivity index (χ0n) is 13.6. The Balaban J connectivity index is 2.03. The molecule has 1 aliphatic rings. The van der Waals surface area contributed by atoms with Crippen LogP contribution in [0.4, 0.5) is 0 Å². The van der Waals surface area contributed by atoms with Gasteiger partial charge in [-0.25, -0.2) is 0 Å². The lowest BCUT2D eigenvalue weighted by Crippen LogP contribution is -2.30. The molecule has 1 saturated carbocycles. The van der Waals surface area contributed by atoms with Crippen LogP contribution in [0.25, 0.3) is 0 Å². The molecule has 3 unspecified atom stereocenters. The molecule has 1 aliphatic carbocycles. The van der Waals surface area contributed by atoms with Gasteiger partial charge in [-0.3, -0.25) is 0 Å². The van der Waals surface area contributed by atoms with E-state index in [-0.39, 0.29) is 6.10 Å². The number of hydrogen-bond acceptors (Lipinski definition) is 3. The number of aliphatic hydroxyl groups is 1. The molecule has 3 nitrogen and oxygen atoms in total. The van der Waals surface area contributed by atoms with Crippen LogP contribution >= 0.6 is 0 Å². The van der Waals surface area contributed by atoms with Crippen LogP contribution in [0.2, 0.25) is 0 Å². The molecule has 0 amide bonds. The SMILES string of the molecule is COc1ccc(CC(O)C2CC(C)CC(C)C2)cc1OC. The summed E-state index contributed by atoms with van der Waals surface area (Å²) in [6, 6.07) is 5.89. The van der Waals surface area contributed by atoms with E-state index in [2.05, 4.69) is 13.8 Å². The molecule has 0 spiro atoms. The first-order valence-electron chi connectivity index (χ1n) is 7.92. The highest BCUT2D eigenvalue weighted by Crippen LogP contribution is 2.36. The fourth-order valence-corrected chi connectivity index (χ4v) is 3.74. The van der Waals surface area contributed by atoms with E-state index < -0.39 is 0 Å². The number of benzene rings is 1. The highest BCUT2D eigenvalue weighted by Gasteiger charge is 2.29.